The summed E-state index contributed by atoms with van der Waals surface area (Å²) in [5.41, 5.74) is 1.84. The number of benzene rings is 2. The van der Waals surface area contributed by atoms with Crippen molar-refractivity contribution in [2.75, 3.05) is 18.5 Å². The maximum Gasteiger partial charge on any atom is 0.123 e. The van der Waals surface area contributed by atoms with Gasteiger partial charge in [0, 0.05) is 16.7 Å². The molecule has 0 fully saturated rings. The van der Waals surface area contributed by atoms with Crippen molar-refractivity contribution in [2.24, 2.45) is 0 Å². The molecular weight excluding hydrogens is 309 g/mol. The molecule has 4 heteroatoms. The van der Waals surface area contributed by atoms with Crippen molar-refractivity contribution in [2.45, 2.75) is 6.92 Å². The van der Waals surface area contributed by atoms with Crippen LogP contribution < -0.4 is 10.1 Å². The van der Waals surface area contributed by atoms with Crippen LogP contribution in [0.5, 0.6) is 5.75 Å². The van der Waals surface area contributed by atoms with Gasteiger partial charge in [-0.05, 0) is 48.9 Å². The molecule has 0 aliphatic heterocycles. The standard InChI is InChI=1S/C15H15BrFNO/c1-11-9-13(17)5-6-15(11)19-8-7-18-14-4-2-3-12(16)10-14/h2-6,9-10,18H,7-8H2,1H3. The van der Waals surface area contributed by atoms with Gasteiger partial charge in [0.2, 0.25) is 0 Å². The van der Waals surface area contributed by atoms with E-state index in [4.69, 9.17) is 4.74 Å². The van der Waals surface area contributed by atoms with Crippen LogP contribution in [0.1, 0.15) is 5.56 Å². The van der Waals surface area contributed by atoms with Crippen molar-refractivity contribution in [3.05, 3.63) is 58.3 Å². The van der Waals surface area contributed by atoms with E-state index < -0.39 is 0 Å². The largest absolute Gasteiger partial charge is 0.491 e. The number of aryl methyl sites for hydroxylation is 1. The molecule has 2 rings (SSSR count). The molecule has 0 unspecified atom stereocenters. The lowest BCUT2D eigenvalue weighted by atomic mass is 10.2. The molecule has 0 spiro atoms. The first kappa shape index (κ1) is 13.9. The van der Waals surface area contributed by atoms with Crippen LogP contribution in [0.4, 0.5) is 10.1 Å². The first-order valence-corrected chi connectivity index (χ1v) is 6.83. The Hall–Kier alpha value is -1.55. The van der Waals surface area contributed by atoms with Gasteiger partial charge in [-0.1, -0.05) is 22.0 Å². The highest BCUT2D eigenvalue weighted by molar-refractivity contribution is 9.10. The maximum atomic E-state index is 12.9. The molecule has 0 radical (unpaired) electrons. The number of ether oxygens (including phenoxy) is 1. The third-order valence-corrected chi connectivity index (χ3v) is 3.14. The second-order valence-electron chi connectivity index (χ2n) is 4.20. The van der Waals surface area contributed by atoms with Crippen LogP contribution >= 0.6 is 15.9 Å². The van der Waals surface area contributed by atoms with Crippen LogP contribution in [0, 0.1) is 12.7 Å². The zero-order valence-corrected chi connectivity index (χ0v) is 12.2. The van der Waals surface area contributed by atoms with Crippen molar-refractivity contribution >= 4 is 21.6 Å². The van der Waals surface area contributed by atoms with Gasteiger partial charge in [-0.3, -0.25) is 0 Å². The Labute approximate surface area is 120 Å². The molecule has 0 atom stereocenters. The van der Waals surface area contributed by atoms with E-state index >= 15 is 0 Å². The zero-order valence-electron chi connectivity index (χ0n) is 10.6. The Bertz CT molecular complexity index is 560. The monoisotopic (exact) mass is 323 g/mol. The Kier molecular flexibility index (Phi) is 4.80. The van der Waals surface area contributed by atoms with Crippen molar-refractivity contribution in [3.63, 3.8) is 0 Å². The molecule has 0 saturated carbocycles. The average molecular weight is 324 g/mol. The summed E-state index contributed by atoms with van der Waals surface area (Å²) in [5, 5.41) is 3.26. The Morgan fingerprint density at radius 1 is 1.21 bits per heavy atom. The van der Waals surface area contributed by atoms with Gasteiger partial charge in [-0.2, -0.15) is 0 Å². The lowest BCUT2D eigenvalue weighted by Crippen LogP contribution is -2.11. The van der Waals surface area contributed by atoms with Crippen molar-refractivity contribution in [1.82, 2.24) is 0 Å². The van der Waals surface area contributed by atoms with Gasteiger partial charge in [0.05, 0.1) is 0 Å². The molecule has 0 saturated heterocycles. The Morgan fingerprint density at radius 2 is 2.05 bits per heavy atom. The molecule has 2 nitrogen and oxygen atoms in total. The number of rotatable bonds is 5. The topological polar surface area (TPSA) is 21.3 Å². The fourth-order valence-electron chi connectivity index (χ4n) is 1.73. The van der Waals surface area contributed by atoms with Crippen LogP contribution in [0.25, 0.3) is 0 Å². The Morgan fingerprint density at radius 3 is 2.79 bits per heavy atom. The van der Waals surface area contributed by atoms with Gasteiger partial charge in [0.25, 0.3) is 0 Å². The normalized spacial score (nSPS) is 10.3. The van der Waals surface area contributed by atoms with Crippen LogP contribution in [0.3, 0.4) is 0 Å². The van der Waals surface area contributed by atoms with E-state index in [9.17, 15) is 4.39 Å². The molecule has 0 bridgehead atoms. The summed E-state index contributed by atoms with van der Waals surface area (Å²) in [6.07, 6.45) is 0. The van der Waals surface area contributed by atoms with Gasteiger partial charge in [0.15, 0.2) is 0 Å². The molecule has 0 aromatic heterocycles. The minimum atomic E-state index is -0.239. The maximum absolute atomic E-state index is 12.9. The van der Waals surface area contributed by atoms with Crippen LogP contribution in [-0.4, -0.2) is 13.2 Å². The molecular formula is C15H15BrFNO. The van der Waals surface area contributed by atoms with E-state index in [-0.39, 0.29) is 5.82 Å². The van der Waals surface area contributed by atoms with E-state index in [1.807, 2.05) is 31.2 Å². The molecule has 1 N–H and O–H groups in total. The predicted molar refractivity (Wildman–Crippen MR) is 79.3 cm³/mol. The fraction of sp³-hybridized carbons (Fsp3) is 0.200. The van der Waals surface area contributed by atoms with Crippen molar-refractivity contribution in [1.29, 1.82) is 0 Å². The van der Waals surface area contributed by atoms with E-state index in [0.717, 1.165) is 21.5 Å². The summed E-state index contributed by atoms with van der Waals surface area (Å²) in [4.78, 5) is 0. The smallest absolute Gasteiger partial charge is 0.123 e. The number of hydrogen-bond acceptors (Lipinski definition) is 2. The second kappa shape index (κ2) is 6.57. The predicted octanol–water partition coefficient (Wildman–Crippen LogP) is 4.39. The number of nitrogens with one attached hydrogen (secondary N) is 1. The molecule has 0 heterocycles. The molecule has 0 amide bonds. The van der Waals surface area contributed by atoms with E-state index in [1.54, 1.807) is 6.07 Å². The second-order valence-corrected chi connectivity index (χ2v) is 5.11. The quantitative estimate of drug-likeness (QED) is 0.824. The summed E-state index contributed by atoms with van der Waals surface area (Å²) in [6, 6.07) is 12.5. The van der Waals surface area contributed by atoms with Gasteiger partial charge in [0.1, 0.15) is 18.2 Å². The van der Waals surface area contributed by atoms with Gasteiger partial charge in [-0.25, -0.2) is 4.39 Å². The molecule has 19 heavy (non-hydrogen) atoms. The number of hydrogen-bond donors (Lipinski definition) is 1. The third-order valence-electron chi connectivity index (χ3n) is 2.65. The van der Waals surface area contributed by atoms with E-state index in [1.165, 1.54) is 12.1 Å². The van der Waals surface area contributed by atoms with Gasteiger partial charge in [-0.15, -0.1) is 0 Å². The van der Waals surface area contributed by atoms with Crippen molar-refractivity contribution in [3.8, 4) is 5.75 Å². The summed E-state index contributed by atoms with van der Waals surface area (Å²) < 4.78 is 19.6. The van der Waals surface area contributed by atoms with Crippen LogP contribution in [0.15, 0.2) is 46.9 Å². The van der Waals surface area contributed by atoms with Gasteiger partial charge < -0.3 is 10.1 Å². The van der Waals surface area contributed by atoms with Crippen molar-refractivity contribution < 1.29 is 9.13 Å². The fourth-order valence-corrected chi connectivity index (χ4v) is 2.13. The lowest BCUT2D eigenvalue weighted by molar-refractivity contribution is 0.330. The highest BCUT2D eigenvalue weighted by Gasteiger charge is 2.00. The molecule has 0 aliphatic rings. The SMILES string of the molecule is Cc1cc(F)ccc1OCCNc1cccc(Br)c1. The highest BCUT2D eigenvalue weighted by atomic mass is 79.9. The number of anilines is 1. The average Bonchev–Trinajstić information content (AvgIpc) is 2.37. The van der Waals surface area contributed by atoms with E-state index in [2.05, 4.69) is 21.2 Å². The summed E-state index contributed by atoms with van der Waals surface area (Å²) in [5.74, 6) is 0.481. The first-order valence-electron chi connectivity index (χ1n) is 6.03. The number of halogens is 2. The summed E-state index contributed by atoms with van der Waals surface area (Å²) >= 11 is 3.42. The highest BCUT2D eigenvalue weighted by Crippen LogP contribution is 2.18. The van der Waals surface area contributed by atoms with Crippen LogP contribution in [0.2, 0.25) is 0 Å². The molecule has 2 aromatic carbocycles. The molecule has 2 aromatic rings. The summed E-state index contributed by atoms with van der Waals surface area (Å²) in [7, 11) is 0. The van der Waals surface area contributed by atoms with Gasteiger partial charge >= 0.3 is 0 Å². The lowest BCUT2D eigenvalue weighted by Gasteiger charge is -2.10. The molecule has 100 valence electrons. The van der Waals surface area contributed by atoms with Crippen LogP contribution in [-0.2, 0) is 0 Å². The molecule has 0 aliphatic carbocycles. The minimum Gasteiger partial charge on any atom is -0.491 e. The first-order chi connectivity index (χ1) is 9.15. The Balaban J connectivity index is 1.81. The van der Waals surface area contributed by atoms with E-state index in [0.29, 0.717) is 13.2 Å². The zero-order chi connectivity index (χ0) is 13.7. The third kappa shape index (κ3) is 4.24. The summed E-state index contributed by atoms with van der Waals surface area (Å²) in [6.45, 7) is 3.05. The minimum absolute atomic E-state index is 0.239.